The van der Waals surface area contributed by atoms with Gasteiger partial charge in [0.1, 0.15) is 6.61 Å². The molecule has 1 heterocycles. The fourth-order valence-electron chi connectivity index (χ4n) is 3.09. The van der Waals surface area contributed by atoms with Gasteiger partial charge in [-0.1, -0.05) is 49.4 Å². The number of benzene rings is 2. The molecule has 3 N–H and O–H groups in total. The van der Waals surface area contributed by atoms with Gasteiger partial charge >= 0.3 is 6.09 Å². The molecule has 0 radical (unpaired) electrons. The number of carbonyl (C=O) groups excluding carboxylic acids is 3. The molecular weight excluding hydrogens is 384 g/mol. The second kappa shape index (κ2) is 9.32. The molecule has 0 aliphatic carbocycles. The van der Waals surface area contributed by atoms with Crippen molar-refractivity contribution in [2.45, 2.75) is 32.9 Å². The van der Waals surface area contributed by atoms with E-state index in [0.29, 0.717) is 12.1 Å². The summed E-state index contributed by atoms with van der Waals surface area (Å²) in [6.45, 7) is 3.46. The smallest absolute Gasteiger partial charge is 0.421 e. The van der Waals surface area contributed by atoms with Crippen LogP contribution in [0.15, 0.2) is 59.7 Å². The molecule has 0 aromatic heterocycles. The first kappa shape index (κ1) is 21.2. The van der Waals surface area contributed by atoms with Crippen molar-refractivity contribution in [1.29, 1.82) is 0 Å². The predicted molar refractivity (Wildman–Crippen MR) is 113 cm³/mol. The summed E-state index contributed by atoms with van der Waals surface area (Å²) in [7, 11) is 0. The Balaban J connectivity index is 1.80. The van der Waals surface area contributed by atoms with Crippen molar-refractivity contribution in [3.05, 3.63) is 65.7 Å². The van der Waals surface area contributed by atoms with E-state index in [-0.39, 0.29) is 18.4 Å². The Bertz CT molecular complexity index is 955. The number of nitrogens with one attached hydrogen (secondary N) is 1. The maximum atomic E-state index is 12.7. The van der Waals surface area contributed by atoms with Crippen molar-refractivity contribution in [3.63, 3.8) is 0 Å². The van der Waals surface area contributed by atoms with E-state index in [0.717, 1.165) is 21.7 Å². The summed E-state index contributed by atoms with van der Waals surface area (Å²) in [6.07, 6.45) is -0.452. The van der Waals surface area contributed by atoms with Crippen LogP contribution >= 0.6 is 0 Å². The average Bonchev–Trinajstić information content (AvgIpc) is 2.74. The molecule has 3 rings (SSSR count). The van der Waals surface area contributed by atoms with E-state index in [1.807, 2.05) is 37.3 Å². The molecule has 8 nitrogen and oxygen atoms in total. The van der Waals surface area contributed by atoms with Crippen LogP contribution in [0.3, 0.4) is 0 Å². The molecule has 30 heavy (non-hydrogen) atoms. The van der Waals surface area contributed by atoms with Gasteiger partial charge in [-0.05, 0) is 30.2 Å². The first-order chi connectivity index (χ1) is 14.4. The molecule has 1 aliphatic heterocycles. The van der Waals surface area contributed by atoms with E-state index in [9.17, 15) is 14.4 Å². The maximum Gasteiger partial charge on any atom is 0.421 e. The fourth-order valence-corrected chi connectivity index (χ4v) is 3.09. The summed E-state index contributed by atoms with van der Waals surface area (Å²) < 4.78 is 5.33. The number of ether oxygens (including phenoxy) is 1. The van der Waals surface area contributed by atoms with Crippen molar-refractivity contribution in [2.24, 2.45) is 16.8 Å². The number of rotatable bonds is 5. The van der Waals surface area contributed by atoms with Crippen LogP contribution in [0.1, 0.15) is 31.4 Å². The lowest BCUT2D eigenvalue weighted by Gasteiger charge is -2.23. The average molecular weight is 408 g/mol. The van der Waals surface area contributed by atoms with Crippen LogP contribution < -0.4 is 16.1 Å². The number of hydrogen-bond donors (Lipinski definition) is 2. The molecule has 2 atom stereocenters. The SMILES string of the molecule is CC1CC(=O)NN=C1c1ccc(N(C(=O)OCc2ccccc2)C(=O)[C@H](C)N)cc1. The fraction of sp³-hybridized carbons (Fsp3) is 0.273. The topological polar surface area (TPSA) is 114 Å². The standard InChI is InChI=1S/C22H24N4O4/c1-14-12-19(27)24-25-20(14)17-8-10-18(11-9-17)26(21(28)15(2)23)22(29)30-13-16-6-4-3-5-7-16/h3-11,14-15H,12-13,23H2,1-2H3,(H,24,27)/t14?,15-/m0/s1. The van der Waals surface area contributed by atoms with E-state index in [1.165, 1.54) is 6.92 Å². The third-order valence-corrected chi connectivity index (χ3v) is 4.68. The summed E-state index contributed by atoms with van der Waals surface area (Å²) >= 11 is 0. The van der Waals surface area contributed by atoms with Crippen molar-refractivity contribution >= 4 is 29.3 Å². The maximum absolute atomic E-state index is 12.7. The second-order valence-electron chi connectivity index (χ2n) is 7.19. The molecule has 1 unspecified atom stereocenters. The Morgan fingerprint density at radius 2 is 1.87 bits per heavy atom. The Kier molecular flexibility index (Phi) is 6.58. The van der Waals surface area contributed by atoms with E-state index >= 15 is 0 Å². The molecule has 0 fully saturated rings. The summed E-state index contributed by atoms with van der Waals surface area (Å²) in [5.41, 5.74) is 10.9. The Morgan fingerprint density at radius 1 is 1.20 bits per heavy atom. The first-order valence-corrected chi connectivity index (χ1v) is 9.64. The van der Waals surface area contributed by atoms with Gasteiger partial charge in [-0.3, -0.25) is 9.59 Å². The lowest BCUT2D eigenvalue weighted by molar-refractivity contribution is -0.122. The van der Waals surface area contributed by atoms with Crippen molar-refractivity contribution in [3.8, 4) is 0 Å². The van der Waals surface area contributed by atoms with Crippen molar-refractivity contribution in [1.82, 2.24) is 5.43 Å². The van der Waals surface area contributed by atoms with Gasteiger partial charge in [0.2, 0.25) is 5.91 Å². The van der Waals surface area contributed by atoms with Crippen molar-refractivity contribution < 1.29 is 19.1 Å². The highest BCUT2D eigenvalue weighted by molar-refractivity contribution is 6.14. The van der Waals surface area contributed by atoms with Crippen LogP contribution in [0.2, 0.25) is 0 Å². The van der Waals surface area contributed by atoms with Crippen LogP contribution in [0.5, 0.6) is 0 Å². The van der Waals surface area contributed by atoms with Gasteiger partial charge in [-0.15, -0.1) is 0 Å². The highest BCUT2D eigenvalue weighted by atomic mass is 16.6. The Hall–Kier alpha value is -3.52. The van der Waals surface area contributed by atoms with Gasteiger partial charge in [0.15, 0.2) is 0 Å². The minimum atomic E-state index is -0.882. The summed E-state index contributed by atoms with van der Waals surface area (Å²) in [6, 6.07) is 15.1. The molecule has 0 bridgehead atoms. The molecule has 0 spiro atoms. The van der Waals surface area contributed by atoms with Crippen LogP contribution in [0.4, 0.5) is 10.5 Å². The number of hydrazone groups is 1. The van der Waals surface area contributed by atoms with Crippen LogP contribution in [0, 0.1) is 5.92 Å². The molecule has 2 aromatic carbocycles. The minimum absolute atomic E-state index is 0.0362. The van der Waals surface area contributed by atoms with Crippen LogP contribution in [0.25, 0.3) is 0 Å². The first-order valence-electron chi connectivity index (χ1n) is 9.64. The number of imide groups is 1. The molecule has 156 valence electrons. The van der Waals surface area contributed by atoms with E-state index < -0.39 is 18.0 Å². The van der Waals surface area contributed by atoms with Gasteiger partial charge in [-0.2, -0.15) is 5.10 Å². The highest BCUT2D eigenvalue weighted by Crippen LogP contribution is 2.22. The highest BCUT2D eigenvalue weighted by Gasteiger charge is 2.28. The van der Waals surface area contributed by atoms with Crippen molar-refractivity contribution in [2.75, 3.05) is 4.90 Å². The monoisotopic (exact) mass is 408 g/mol. The van der Waals surface area contributed by atoms with Gasteiger partial charge in [0, 0.05) is 12.3 Å². The van der Waals surface area contributed by atoms with E-state index in [1.54, 1.807) is 24.3 Å². The zero-order chi connectivity index (χ0) is 21.7. The molecule has 2 aromatic rings. The summed E-state index contributed by atoms with van der Waals surface area (Å²) in [5.74, 6) is -0.739. The normalized spacial score (nSPS) is 16.8. The zero-order valence-electron chi connectivity index (χ0n) is 16.9. The zero-order valence-corrected chi connectivity index (χ0v) is 16.9. The number of nitrogens with two attached hydrogens (primary N) is 1. The molecule has 0 saturated carbocycles. The molecule has 8 heteroatoms. The van der Waals surface area contributed by atoms with Gasteiger partial charge in [-0.25, -0.2) is 15.1 Å². The number of carbonyl (C=O) groups is 3. The summed E-state index contributed by atoms with van der Waals surface area (Å²) in [5, 5.41) is 4.12. The number of hydrogen-bond acceptors (Lipinski definition) is 6. The number of nitrogens with zero attached hydrogens (tertiary/aromatic N) is 2. The Morgan fingerprint density at radius 3 is 2.47 bits per heavy atom. The third kappa shape index (κ3) is 4.90. The van der Waals surface area contributed by atoms with Crippen LogP contribution in [-0.2, 0) is 20.9 Å². The molecular formula is C22H24N4O4. The minimum Gasteiger partial charge on any atom is -0.444 e. The number of amides is 3. The Labute approximate surface area is 174 Å². The van der Waals surface area contributed by atoms with Crippen LogP contribution in [-0.4, -0.2) is 29.7 Å². The summed E-state index contributed by atoms with van der Waals surface area (Å²) in [4.78, 5) is 37.7. The lowest BCUT2D eigenvalue weighted by Crippen LogP contribution is -2.46. The van der Waals surface area contributed by atoms with Gasteiger partial charge in [0.05, 0.1) is 17.4 Å². The van der Waals surface area contributed by atoms with E-state index in [4.69, 9.17) is 10.5 Å². The third-order valence-electron chi connectivity index (χ3n) is 4.68. The lowest BCUT2D eigenvalue weighted by atomic mass is 9.94. The van der Waals surface area contributed by atoms with E-state index in [2.05, 4.69) is 10.5 Å². The largest absolute Gasteiger partial charge is 0.444 e. The molecule has 3 amide bonds. The van der Waals surface area contributed by atoms with Gasteiger partial charge < -0.3 is 10.5 Å². The molecule has 1 aliphatic rings. The quantitative estimate of drug-likeness (QED) is 0.789. The second-order valence-corrected chi connectivity index (χ2v) is 7.19. The number of anilines is 1. The predicted octanol–water partition coefficient (Wildman–Crippen LogP) is 2.56. The van der Waals surface area contributed by atoms with Gasteiger partial charge in [0.25, 0.3) is 5.91 Å². The molecule has 0 saturated heterocycles.